The Hall–Kier alpha value is -3.34. The Morgan fingerprint density at radius 1 is 0.929 bits per heavy atom. The van der Waals surface area contributed by atoms with Crippen molar-refractivity contribution in [1.29, 1.82) is 0 Å². The molecule has 4 aromatic heterocycles. The average molecular weight is 380 g/mol. The number of nitrogens with one attached hydrogen (secondary N) is 1. The van der Waals surface area contributed by atoms with Crippen LogP contribution in [0, 0.1) is 0 Å². The highest BCUT2D eigenvalue weighted by Gasteiger charge is 2.24. The van der Waals surface area contributed by atoms with Crippen LogP contribution in [0.15, 0.2) is 25.3 Å². The summed E-state index contributed by atoms with van der Waals surface area (Å²) in [5.74, 6) is 1.76. The van der Waals surface area contributed by atoms with Crippen molar-refractivity contribution in [3.8, 4) is 0 Å². The molecule has 144 valence electrons. The lowest BCUT2D eigenvalue weighted by molar-refractivity contribution is 0.188. The SMILES string of the molecule is COCCn1cnc2c(N3CCN(c4ncnc5nc[nH]c45)CC3)ncnc21. The number of fused-ring (bicyclic) bond motifs is 2. The van der Waals surface area contributed by atoms with Gasteiger partial charge in [-0.25, -0.2) is 29.9 Å². The highest BCUT2D eigenvalue weighted by atomic mass is 16.5. The predicted molar refractivity (Wildman–Crippen MR) is 103 cm³/mol. The largest absolute Gasteiger partial charge is 0.383 e. The van der Waals surface area contributed by atoms with Gasteiger partial charge in [0.25, 0.3) is 0 Å². The summed E-state index contributed by atoms with van der Waals surface area (Å²) >= 11 is 0. The number of rotatable bonds is 5. The smallest absolute Gasteiger partial charge is 0.182 e. The van der Waals surface area contributed by atoms with Crippen LogP contribution < -0.4 is 9.80 Å². The molecular formula is C17H20N10O. The molecule has 0 saturated carbocycles. The quantitative estimate of drug-likeness (QED) is 0.527. The van der Waals surface area contributed by atoms with Crippen molar-refractivity contribution in [2.45, 2.75) is 6.54 Å². The van der Waals surface area contributed by atoms with Gasteiger partial charge >= 0.3 is 0 Å². The monoisotopic (exact) mass is 380 g/mol. The molecule has 1 saturated heterocycles. The molecule has 0 aliphatic carbocycles. The predicted octanol–water partition coefficient (Wildman–Crippen LogP) is 0.466. The van der Waals surface area contributed by atoms with Crippen molar-refractivity contribution in [3.05, 3.63) is 25.3 Å². The van der Waals surface area contributed by atoms with Gasteiger partial charge in [0.2, 0.25) is 0 Å². The fraction of sp³-hybridized carbons (Fsp3) is 0.412. The summed E-state index contributed by atoms with van der Waals surface area (Å²) in [7, 11) is 1.69. The van der Waals surface area contributed by atoms with Gasteiger partial charge in [-0.15, -0.1) is 0 Å². The zero-order chi connectivity index (χ0) is 18.9. The van der Waals surface area contributed by atoms with Crippen LogP contribution in [0.4, 0.5) is 11.6 Å². The Kier molecular flexibility index (Phi) is 4.20. The summed E-state index contributed by atoms with van der Waals surface area (Å²) in [6.45, 7) is 4.60. The van der Waals surface area contributed by atoms with E-state index >= 15 is 0 Å². The molecule has 11 nitrogen and oxygen atoms in total. The van der Waals surface area contributed by atoms with E-state index in [0.29, 0.717) is 18.8 Å². The maximum atomic E-state index is 5.16. The Bertz CT molecular complexity index is 1100. The number of aromatic nitrogens is 8. The number of hydrogen-bond donors (Lipinski definition) is 1. The van der Waals surface area contributed by atoms with Gasteiger partial charge < -0.3 is 24.1 Å². The van der Waals surface area contributed by atoms with Crippen LogP contribution in [0.1, 0.15) is 0 Å². The molecule has 0 atom stereocenters. The molecule has 1 aliphatic rings. The zero-order valence-electron chi connectivity index (χ0n) is 15.5. The Morgan fingerprint density at radius 3 is 2.50 bits per heavy atom. The second-order valence-corrected chi connectivity index (χ2v) is 6.57. The normalized spacial score (nSPS) is 15.0. The first-order valence-corrected chi connectivity index (χ1v) is 9.14. The minimum atomic E-state index is 0.616. The van der Waals surface area contributed by atoms with Crippen LogP contribution in [-0.4, -0.2) is 79.4 Å². The van der Waals surface area contributed by atoms with Crippen molar-refractivity contribution in [1.82, 2.24) is 39.5 Å². The van der Waals surface area contributed by atoms with Crippen LogP contribution >= 0.6 is 0 Å². The van der Waals surface area contributed by atoms with Crippen LogP contribution in [0.3, 0.4) is 0 Å². The summed E-state index contributed by atoms with van der Waals surface area (Å²) in [5.41, 5.74) is 3.22. The summed E-state index contributed by atoms with van der Waals surface area (Å²) in [6, 6.07) is 0. The molecule has 5 heterocycles. The first kappa shape index (κ1) is 16.8. The minimum absolute atomic E-state index is 0.616. The average Bonchev–Trinajstić information content (AvgIpc) is 3.39. The number of ether oxygens (including phenoxy) is 1. The maximum absolute atomic E-state index is 5.16. The van der Waals surface area contributed by atoms with Crippen molar-refractivity contribution in [2.75, 3.05) is 49.7 Å². The van der Waals surface area contributed by atoms with Crippen molar-refractivity contribution in [3.63, 3.8) is 0 Å². The van der Waals surface area contributed by atoms with E-state index in [1.807, 2.05) is 4.57 Å². The number of imidazole rings is 2. The topological polar surface area (TPSA) is 114 Å². The Labute approximate surface area is 160 Å². The first-order valence-electron chi connectivity index (χ1n) is 9.14. The van der Waals surface area contributed by atoms with Gasteiger partial charge in [0.15, 0.2) is 28.4 Å². The lowest BCUT2D eigenvalue weighted by atomic mass is 10.3. The summed E-state index contributed by atoms with van der Waals surface area (Å²) in [4.78, 5) is 34.0. The number of methoxy groups -OCH3 is 1. The minimum Gasteiger partial charge on any atom is -0.383 e. The van der Waals surface area contributed by atoms with Crippen molar-refractivity contribution in [2.24, 2.45) is 0 Å². The third-order valence-electron chi connectivity index (χ3n) is 5.00. The van der Waals surface area contributed by atoms with E-state index in [-0.39, 0.29) is 0 Å². The van der Waals surface area contributed by atoms with Gasteiger partial charge in [0.05, 0.1) is 19.3 Å². The summed E-state index contributed by atoms with van der Waals surface area (Å²) in [5, 5.41) is 0. The fourth-order valence-corrected chi connectivity index (χ4v) is 3.58. The lowest BCUT2D eigenvalue weighted by Crippen LogP contribution is -2.47. The molecule has 0 unspecified atom stereocenters. The van der Waals surface area contributed by atoms with Crippen molar-refractivity contribution < 1.29 is 4.74 Å². The number of hydrogen-bond acceptors (Lipinski definition) is 9. The lowest BCUT2D eigenvalue weighted by Gasteiger charge is -2.36. The molecule has 0 spiro atoms. The standard InChI is InChI=1S/C17H20N10O/c1-28-7-6-27-11-24-13-16(22-10-23-17(13)27)26-4-2-25(3-5-26)15-12-14(19-8-18-12)20-9-21-15/h8-11H,2-7H2,1H3,(H,18,19,20,21). The van der Waals surface area contributed by atoms with Gasteiger partial charge in [-0.2, -0.15) is 0 Å². The Morgan fingerprint density at radius 2 is 1.68 bits per heavy atom. The molecule has 0 amide bonds. The third-order valence-corrected chi connectivity index (χ3v) is 5.00. The third kappa shape index (κ3) is 2.80. The zero-order valence-corrected chi connectivity index (χ0v) is 15.5. The number of nitrogens with zero attached hydrogens (tertiary/aromatic N) is 9. The second kappa shape index (κ2) is 7.00. The summed E-state index contributed by atoms with van der Waals surface area (Å²) in [6.07, 6.45) is 6.61. The van der Waals surface area contributed by atoms with Crippen LogP contribution in [0.5, 0.6) is 0 Å². The molecule has 11 heteroatoms. The molecule has 1 fully saturated rings. The molecule has 0 aromatic carbocycles. The van der Waals surface area contributed by atoms with E-state index in [0.717, 1.165) is 54.5 Å². The molecule has 28 heavy (non-hydrogen) atoms. The Balaban J connectivity index is 1.37. The maximum Gasteiger partial charge on any atom is 0.182 e. The van der Waals surface area contributed by atoms with Crippen LogP contribution in [0.2, 0.25) is 0 Å². The molecule has 4 aromatic rings. The van der Waals surface area contributed by atoms with E-state index in [1.165, 1.54) is 0 Å². The van der Waals surface area contributed by atoms with Gasteiger partial charge in [-0.3, -0.25) is 0 Å². The van der Waals surface area contributed by atoms with E-state index in [1.54, 1.807) is 32.4 Å². The van der Waals surface area contributed by atoms with Gasteiger partial charge in [0, 0.05) is 39.8 Å². The van der Waals surface area contributed by atoms with Gasteiger partial charge in [-0.1, -0.05) is 0 Å². The first-order chi connectivity index (χ1) is 13.8. The van der Waals surface area contributed by atoms with Gasteiger partial charge in [0.1, 0.15) is 18.2 Å². The van der Waals surface area contributed by atoms with Gasteiger partial charge in [-0.05, 0) is 0 Å². The molecule has 1 N–H and O–H groups in total. The van der Waals surface area contributed by atoms with Crippen LogP contribution in [-0.2, 0) is 11.3 Å². The molecule has 5 rings (SSSR count). The molecule has 0 radical (unpaired) electrons. The molecule has 0 bridgehead atoms. The number of H-pyrrole nitrogens is 1. The summed E-state index contributed by atoms with van der Waals surface area (Å²) < 4.78 is 7.16. The number of aromatic amines is 1. The van der Waals surface area contributed by atoms with Crippen LogP contribution in [0.25, 0.3) is 22.3 Å². The molecular weight excluding hydrogens is 360 g/mol. The highest BCUT2D eigenvalue weighted by Crippen LogP contribution is 2.25. The highest BCUT2D eigenvalue weighted by molar-refractivity contribution is 5.84. The van der Waals surface area contributed by atoms with E-state index in [9.17, 15) is 0 Å². The number of anilines is 2. The number of piperazine rings is 1. The van der Waals surface area contributed by atoms with E-state index in [2.05, 4.69) is 44.7 Å². The fourth-order valence-electron chi connectivity index (χ4n) is 3.58. The second-order valence-electron chi connectivity index (χ2n) is 6.57. The molecule has 1 aliphatic heterocycles. The van der Waals surface area contributed by atoms with Crippen molar-refractivity contribution >= 4 is 34.0 Å². The van der Waals surface area contributed by atoms with E-state index < -0.39 is 0 Å². The van der Waals surface area contributed by atoms with E-state index in [4.69, 9.17) is 4.74 Å².